The van der Waals surface area contributed by atoms with Gasteiger partial charge in [-0.2, -0.15) is 0 Å². The number of carbonyl (C=O) groups excluding carboxylic acids is 1. The largest absolute Gasteiger partial charge is 0.296 e. The molecule has 0 N–H and O–H groups in total. The topological polar surface area (TPSA) is 47.8 Å². The lowest BCUT2D eigenvalue weighted by molar-refractivity contribution is 0.111. The molecular weight excluding hydrogens is 202 g/mol. The molecule has 0 fully saturated rings. The van der Waals surface area contributed by atoms with Crippen LogP contribution in [0.5, 0.6) is 0 Å². The van der Waals surface area contributed by atoms with Crippen molar-refractivity contribution in [3.63, 3.8) is 0 Å². The quantitative estimate of drug-likeness (QED) is 0.571. The van der Waals surface area contributed by atoms with Gasteiger partial charge in [0.15, 0.2) is 6.29 Å². The number of hydrogen-bond donors (Lipinski definition) is 0. The predicted molar refractivity (Wildman–Crippen MR) is 61.1 cm³/mol. The Labute approximate surface area is 94.0 Å². The van der Waals surface area contributed by atoms with Gasteiger partial charge >= 0.3 is 0 Å². The van der Waals surface area contributed by atoms with Gasteiger partial charge in [0, 0.05) is 0 Å². The smallest absolute Gasteiger partial charge is 0.171 e. The Kier molecular flexibility index (Phi) is 2.81. The lowest BCUT2D eigenvalue weighted by atomic mass is 9.91. The first-order valence-electron chi connectivity index (χ1n) is 5.17. The summed E-state index contributed by atoms with van der Waals surface area (Å²) in [6.45, 7) is 1.96. The second-order valence-electron chi connectivity index (χ2n) is 3.69. The van der Waals surface area contributed by atoms with Gasteiger partial charge in [0.25, 0.3) is 0 Å². The van der Waals surface area contributed by atoms with Crippen LogP contribution in [0.15, 0.2) is 42.7 Å². The lowest BCUT2D eigenvalue weighted by Crippen LogP contribution is -2.30. The molecule has 0 aliphatic heterocycles. The number of nitrogens with zero attached hydrogens (tertiary/aromatic N) is 3. The minimum Gasteiger partial charge on any atom is -0.296 e. The van der Waals surface area contributed by atoms with Crippen LogP contribution in [-0.4, -0.2) is 21.3 Å². The molecule has 2 rings (SSSR count). The lowest BCUT2D eigenvalue weighted by Gasteiger charge is -2.27. The molecule has 1 aromatic rings. The molecule has 1 atom stereocenters. The van der Waals surface area contributed by atoms with E-state index in [1.807, 2.05) is 25.2 Å². The Morgan fingerprint density at radius 1 is 1.50 bits per heavy atom. The van der Waals surface area contributed by atoms with Crippen LogP contribution >= 0.6 is 0 Å². The van der Waals surface area contributed by atoms with Gasteiger partial charge in [-0.15, -0.1) is 5.10 Å². The molecule has 1 unspecified atom stereocenters. The summed E-state index contributed by atoms with van der Waals surface area (Å²) in [6, 6.07) is 0. The van der Waals surface area contributed by atoms with E-state index in [1.165, 1.54) is 0 Å². The van der Waals surface area contributed by atoms with Crippen molar-refractivity contribution in [1.82, 2.24) is 15.0 Å². The average molecular weight is 215 g/mol. The Hall–Kier alpha value is -1.97. The third-order valence-electron chi connectivity index (χ3n) is 2.59. The highest BCUT2D eigenvalue weighted by Gasteiger charge is 2.27. The molecule has 1 heterocycles. The first-order valence-corrected chi connectivity index (χ1v) is 5.17. The van der Waals surface area contributed by atoms with Gasteiger partial charge in [0.1, 0.15) is 11.2 Å². The van der Waals surface area contributed by atoms with Crippen LogP contribution in [0.1, 0.15) is 23.8 Å². The molecular formula is C12H13N3O. The van der Waals surface area contributed by atoms with Crippen LogP contribution in [0.2, 0.25) is 0 Å². The number of carbonyl (C=O) groups is 1. The van der Waals surface area contributed by atoms with Crippen molar-refractivity contribution in [3.8, 4) is 0 Å². The van der Waals surface area contributed by atoms with Gasteiger partial charge in [0.05, 0.1) is 6.20 Å². The maximum Gasteiger partial charge on any atom is 0.171 e. The Bertz CT molecular complexity index is 470. The molecule has 1 aliphatic rings. The standard InChI is InChI=1S/C12H13N3O/c1-2-6-12(7-4-3-5-8-12)15-9-11(10-16)13-14-15/h2-7,9-10H,8H2,1H3. The van der Waals surface area contributed by atoms with Crippen molar-refractivity contribution in [3.05, 3.63) is 48.3 Å². The summed E-state index contributed by atoms with van der Waals surface area (Å²) < 4.78 is 1.72. The molecule has 0 spiro atoms. The van der Waals surface area contributed by atoms with Crippen LogP contribution in [0, 0.1) is 0 Å². The normalized spacial score (nSPS) is 24.1. The monoisotopic (exact) mass is 215 g/mol. The Morgan fingerprint density at radius 3 is 2.94 bits per heavy atom. The van der Waals surface area contributed by atoms with Crippen molar-refractivity contribution in [1.29, 1.82) is 0 Å². The Morgan fingerprint density at radius 2 is 2.38 bits per heavy atom. The zero-order valence-corrected chi connectivity index (χ0v) is 9.08. The van der Waals surface area contributed by atoms with Gasteiger partial charge in [-0.05, 0) is 13.3 Å². The summed E-state index contributed by atoms with van der Waals surface area (Å²) in [5, 5.41) is 7.79. The van der Waals surface area contributed by atoms with Gasteiger partial charge in [-0.1, -0.05) is 41.7 Å². The fourth-order valence-corrected chi connectivity index (χ4v) is 1.82. The molecule has 1 aliphatic carbocycles. The second-order valence-corrected chi connectivity index (χ2v) is 3.69. The molecule has 1 aromatic heterocycles. The van der Waals surface area contributed by atoms with Gasteiger partial charge in [-0.25, -0.2) is 4.68 Å². The van der Waals surface area contributed by atoms with Crippen molar-refractivity contribution >= 4 is 6.29 Å². The van der Waals surface area contributed by atoms with E-state index in [9.17, 15) is 4.79 Å². The molecule has 0 aromatic carbocycles. The Balaban J connectivity index is 2.43. The van der Waals surface area contributed by atoms with E-state index in [1.54, 1.807) is 10.9 Å². The fourth-order valence-electron chi connectivity index (χ4n) is 1.82. The second kappa shape index (κ2) is 4.26. The number of aldehydes is 1. The minimum absolute atomic E-state index is 0.322. The van der Waals surface area contributed by atoms with Crippen LogP contribution in [0.4, 0.5) is 0 Å². The van der Waals surface area contributed by atoms with Gasteiger partial charge < -0.3 is 0 Å². The molecule has 4 heteroatoms. The van der Waals surface area contributed by atoms with Crippen LogP contribution < -0.4 is 0 Å². The number of aromatic nitrogens is 3. The molecule has 0 saturated carbocycles. The van der Waals surface area contributed by atoms with Crippen LogP contribution in [0.3, 0.4) is 0 Å². The minimum atomic E-state index is -0.322. The molecule has 0 amide bonds. The number of hydrogen-bond acceptors (Lipinski definition) is 3. The van der Waals surface area contributed by atoms with Crippen molar-refractivity contribution in [2.75, 3.05) is 0 Å². The molecule has 4 nitrogen and oxygen atoms in total. The molecule has 16 heavy (non-hydrogen) atoms. The number of rotatable bonds is 3. The van der Waals surface area contributed by atoms with Crippen LogP contribution in [0.25, 0.3) is 0 Å². The van der Waals surface area contributed by atoms with E-state index < -0.39 is 0 Å². The van der Waals surface area contributed by atoms with E-state index in [2.05, 4.69) is 28.5 Å². The van der Waals surface area contributed by atoms with E-state index in [0.717, 1.165) is 6.42 Å². The van der Waals surface area contributed by atoms with Gasteiger partial charge in [0.2, 0.25) is 0 Å². The predicted octanol–water partition coefficient (Wildman–Crippen LogP) is 1.88. The van der Waals surface area contributed by atoms with E-state index in [0.29, 0.717) is 12.0 Å². The van der Waals surface area contributed by atoms with Crippen molar-refractivity contribution in [2.45, 2.75) is 18.9 Å². The summed E-state index contributed by atoms with van der Waals surface area (Å²) in [5.41, 5.74) is 0.0319. The molecule has 82 valence electrons. The average Bonchev–Trinajstić information content (AvgIpc) is 2.80. The maximum atomic E-state index is 10.6. The van der Waals surface area contributed by atoms with Crippen molar-refractivity contribution < 1.29 is 4.79 Å². The highest BCUT2D eigenvalue weighted by Crippen LogP contribution is 2.27. The first-order chi connectivity index (χ1) is 7.80. The third kappa shape index (κ3) is 1.74. The zero-order valence-electron chi connectivity index (χ0n) is 9.08. The maximum absolute atomic E-state index is 10.6. The summed E-state index contributed by atoms with van der Waals surface area (Å²) in [4.78, 5) is 10.6. The molecule has 0 bridgehead atoms. The van der Waals surface area contributed by atoms with Crippen LogP contribution in [-0.2, 0) is 5.54 Å². The van der Waals surface area contributed by atoms with Crippen molar-refractivity contribution in [2.24, 2.45) is 0 Å². The fraction of sp³-hybridized carbons (Fsp3) is 0.250. The number of allylic oxidation sites excluding steroid dienone is 6. The highest BCUT2D eigenvalue weighted by atomic mass is 16.1. The summed E-state index contributed by atoms with van der Waals surface area (Å²) in [7, 11) is 0. The zero-order chi connectivity index (χ0) is 11.4. The molecule has 0 saturated heterocycles. The van der Waals surface area contributed by atoms with Gasteiger partial charge in [-0.3, -0.25) is 4.79 Å². The SMILES string of the molecule is CC=CC1(n2cc(C=O)nn2)C=CC=CC1. The first kappa shape index (κ1) is 10.5. The summed E-state index contributed by atoms with van der Waals surface area (Å²) >= 11 is 0. The van der Waals surface area contributed by atoms with E-state index in [-0.39, 0.29) is 5.54 Å². The van der Waals surface area contributed by atoms with E-state index >= 15 is 0 Å². The summed E-state index contributed by atoms with van der Waals surface area (Å²) in [6.07, 6.45) is 15.3. The molecule has 0 radical (unpaired) electrons. The summed E-state index contributed by atoms with van der Waals surface area (Å²) in [5.74, 6) is 0. The highest BCUT2D eigenvalue weighted by molar-refractivity contribution is 5.70. The van der Waals surface area contributed by atoms with E-state index in [4.69, 9.17) is 0 Å². The third-order valence-corrected chi connectivity index (χ3v) is 2.59.